The van der Waals surface area contributed by atoms with Gasteiger partial charge in [-0.2, -0.15) is 0 Å². The molecular weight excluding hydrogens is 160 g/mol. The highest BCUT2D eigenvalue weighted by Gasteiger charge is 2.14. The quantitative estimate of drug-likeness (QED) is 0.420. The van der Waals surface area contributed by atoms with Crippen molar-refractivity contribution in [1.29, 1.82) is 0 Å². The molecule has 0 rings (SSSR count). The first-order valence-electron chi connectivity index (χ1n) is 3.74. The second kappa shape index (κ2) is 4.39. The molecule has 72 valence electrons. The van der Waals surface area contributed by atoms with Crippen LogP contribution in [0.25, 0.3) is 0 Å². The van der Waals surface area contributed by atoms with Crippen molar-refractivity contribution < 1.29 is 15.0 Å². The Balaban J connectivity index is 3.51. The largest absolute Gasteiger partial charge is 0.480 e. The van der Waals surface area contributed by atoms with Crippen LogP contribution in [-0.2, 0) is 4.79 Å². The third-order valence-corrected chi connectivity index (χ3v) is 1.24. The second-order valence-corrected chi connectivity index (χ2v) is 3.39. The lowest BCUT2D eigenvalue weighted by Gasteiger charge is -2.18. The predicted octanol–water partition coefficient (Wildman–Crippen LogP) is -1.24. The third-order valence-electron chi connectivity index (χ3n) is 1.24. The zero-order chi connectivity index (χ0) is 9.78. The smallest absolute Gasteiger partial charge is 0.321 e. The number of aliphatic hydroxyl groups is 1. The fourth-order valence-corrected chi connectivity index (χ4v) is 0.621. The Kier molecular flexibility index (Phi) is 4.16. The van der Waals surface area contributed by atoms with Crippen LogP contribution >= 0.6 is 0 Å². The minimum Gasteiger partial charge on any atom is -0.480 e. The first-order chi connectivity index (χ1) is 5.33. The molecule has 0 aliphatic rings. The van der Waals surface area contributed by atoms with Crippen molar-refractivity contribution in [2.75, 3.05) is 13.1 Å². The molecule has 0 aromatic rings. The molecule has 0 aliphatic heterocycles. The number of aliphatic carboxylic acids is 1. The normalized spacial score (nSPS) is 14.3. The molecule has 0 spiro atoms. The average Bonchev–Trinajstić information content (AvgIpc) is 1.84. The van der Waals surface area contributed by atoms with E-state index < -0.39 is 17.6 Å². The van der Waals surface area contributed by atoms with Gasteiger partial charge >= 0.3 is 5.97 Å². The first-order valence-corrected chi connectivity index (χ1v) is 3.74. The van der Waals surface area contributed by atoms with E-state index in [2.05, 4.69) is 5.32 Å². The fourth-order valence-electron chi connectivity index (χ4n) is 0.621. The van der Waals surface area contributed by atoms with Crippen molar-refractivity contribution in [3.05, 3.63) is 0 Å². The molecule has 5 N–H and O–H groups in total. The van der Waals surface area contributed by atoms with E-state index in [1.807, 2.05) is 0 Å². The van der Waals surface area contributed by atoms with Gasteiger partial charge in [-0.3, -0.25) is 4.79 Å². The van der Waals surface area contributed by atoms with Crippen LogP contribution in [0.2, 0.25) is 0 Å². The van der Waals surface area contributed by atoms with E-state index in [1.54, 1.807) is 13.8 Å². The van der Waals surface area contributed by atoms with E-state index in [1.165, 1.54) is 0 Å². The van der Waals surface area contributed by atoms with Crippen molar-refractivity contribution in [1.82, 2.24) is 5.32 Å². The van der Waals surface area contributed by atoms with Gasteiger partial charge < -0.3 is 21.3 Å². The number of rotatable bonds is 5. The number of hydrogen-bond acceptors (Lipinski definition) is 4. The summed E-state index contributed by atoms with van der Waals surface area (Å²) in [7, 11) is 0. The topological polar surface area (TPSA) is 95.6 Å². The zero-order valence-corrected chi connectivity index (χ0v) is 7.37. The van der Waals surface area contributed by atoms with Crippen LogP contribution in [0.3, 0.4) is 0 Å². The predicted molar refractivity (Wildman–Crippen MR) is 44.8 cm³/mol. The third kappa shape index (κ3) is 6.09. The monoisotopic (exact) mass is 176 g/mol. The van der Waals surface area contributed by atoms with Crippen molar-refractivity contribution in [3.8, 4) is 0 Å². The van der Waals surface area contributed by atoms with Crippen LogP contribution in [0.1, 0.15) is 13.8 Å². The summed E-state index contributed by atoms with van der Waals surface area (Å²) < 4.78 is 0. The number of nitrogens with one attached hydrogen (secondary N) is 1. The van der Waals surface area contributed by atoms with Gasteiger partial charge in [-0.1, -0.05) is 0 Å². The first kappa shape index (κ1) is 11.4. The van der Waals surface area contributed by atoms with Gasteiger partial charge in [0, 0.05) is 13.1 Å². The van der Waals surface area contributed by atoms with Gasteiger partial charge in [0.1, 0.15) is 6.04 Å². The SMILES string of the molecule is CC(C)(O)CNCC(N)C(=O)O. The lowest BCUT2D eigenvalue weighted by Crippen LogP contribution is -2.44. The Morgan fingerprint density at radius 3 is 2.50 bits per heavy atom. The summed E-state index contributed by atoms with van der Waals surface area (Å²) >= 11 is 0. The minimum absolute atomic E-state index is 0.166. The maximum Gasteiger partial charge on any atom is 0.321 e. The van der Waals surface area contributed by atoms with Gasteiger partial charge in [-0.15, -0.1) is 0 Å². The summed E-state index contributed by atoms with van der Waals surface area (Å²) in [6.07, 6.45) is 0. The van der Waals surface area contributed by atoms with Crippen molar-refractivity contribution >= 4 is 5.97 Å². The van der Waals surface area contributed by atoms with E-state index in [0.29, 0.717) is 6.54 Å². The van der Waals surface area contributed by atoms with Crippen LogP contribution < -0.4 is 11.1 Å². The molecule has 0 amide bonds. The molecule has 1 unspecified atom stereocenters. The van der Waals surface area contributed by atoms with Crippen molar-refractivity contribution in [2.45, 2.75) is 25.5 Å². The lowest BCUT2D eigenvalue weighted by atomic mass is 10.1. The van der Waals surface area contributed by atoms with Gasteiger partial charge in [0.25, 0.3) is 0 Å². The average molecular weight is 176 g/mol. The van der Waals surface area contributed by atoms with E-state index in [4.69, 9.17) is 10.8 Å². The molecule has 0 saturated heterocycles. The number of hydrogen-bond donors (Lipinski definition) is 4. The Hall–Kier alpha value is -0.650. The van der Waals surface area contributed by atoms with Crippen molar-refractivity contribution in [3.63, 3.8) is 0 Å². The zero-order valence-electron chi connectivity index (χ0n) is 7.37. The number of nitrogens with two attached hydrogens (primary N) is 1. The standard InChI is InChI=1S/C7H16N2O3/c1-7(2,12)4-9-3-5(8)6(10)11/h5,9,12H,3-4,8H2,1-2H3,(H,10,11). The van der Waals surface area contributed by atoms with Gasteiger partial charge in [-0.25, -0.2) is 0 Å². The van der Waals surface area contributed by atoms with Gasteiger partial charge in [0.05, 0.1) is 5.60 Å². The second-order valence-electron chi connectivity index (χ2n) is 3.39. The molecule has 0 fully saturated rings. The number of carboxylic acid groups (broad SMARTS) is 1. The summed E-state index contributed by atoms with van der Waals surface area (Å²) in [5, 5.41) is 20.4. The van der Waals surface area contributed by atoms with Crippen LogP contribution in [0, 0.1) is 0 Å². The van der Waals surface area contributed by atoms with Gasteiger partial charge in [-0.05, 0) is 13.8 Å². The molecule has 0 heterocycles. The molecule has 0 aromatic carbocycles. The molecular formula is C7H16N2O3. The summed E-state index contributed by atoms with van der Waals surface area (Å²) in [6.45, 7) is 3.76. The van der Waals surface area contributed by atoms with Crippen LogP contribution in [0.15, 0.2) is 0 Å². The van der Waals surface area contributed by atoms with Crippen LogP contribution in [0.5, 0.6) is 0 Å². The number of carboxylic acids is 1. The summed E-state index contributed by atoms with van der Waals surface area (Å²) in [5.41, 5.74) is 4.37. The maximum atomic E-state index is 10.2. The van der Waals surface area contributed by atoms with Gasteiger partial charge in [0.15, 0.2) is 0 Å². The van der Waals surface area contributed by atoms with E-state index in [-0.39, 0.29) is 6.54 Å². The highest BCUT2D eigenvalue weighted by atomic mass is 16.4. The highest BCUT2D eigenvalue weighted by Crippen LogP contribution is 1.96. The van der Waals surface area contributed by atoms with Gasteiger partial charge in [0.2, 0.25) is 0 Å². The Bertz CT molecular complexity index is 153. The van der Waals surface area contributed by atoms with Crippen molar-refractivity contribution in [2.24, 2.45) is 5.73 Å². The summed E-state index contributed by atoms with van der Waals surface area (Å²) in [4.78, 5) is 10.2. The fraction of sp³-hybridized carbons (Fsp3) is 0.857. The highest BCUT2D eigenvalue weighted by molar-refractivity contribution is 5.73. The van der Waals surface area contributed by atoms with E-state index >= 15 is 0 Å². The van der Waals surface area contributed by atoms with E-state index in [0.717, 1.165) is 0 Å². The molecule has 1 atom stereocenters. The Morgan fingerprint density at radius 1 is 1.67 bits per heavy atom. The maximum absolute atomic E-state index is 10.2. The summed E-state index contributed by atoms with van der Waals surface area (Å²) in [6, 6.07) is -0.910. The summed E-state index contributed by atoms with van der Waals surface area (Å²) in [5.74, 6) is -1.04. The Labute approximate surface area is 71.6 Å². The molecule has 0 aliphatic carbocycles. The molecule has 5 heteroatoms. The molecule has 0 radical (unpaired) electrons. The molecule has 0 bridgehead atoms. The van der Waals surface area contributed by atoms with E-state index in [9.17, 15) is 9.90 Å². The van der Waals surface area contributed by atoms with Crippen LogP contribution in [0.4, 0.5) is 0 Å². The molecule has 0 aromatic heterocycles. The minimum atomic E-state index is -1.04. The van der Waals surface area contributed by atoms with Crippen LogP contribution in [-0.4, -0.2) is 40.9 Å². The Morgan fingerprint density at radius 2 is 2.17 bits per heavy atom. The lowest BCUT2D eigenvalue weighted by molar-refractivity contribution is -0.138. The number of carbonyl (C=O) groups is 1. The molecule has 12 heavy (non-hydrogen) atoms. The molecule has 0 saturated carbocycles. The molecule has 5 nitrogen and oxygen atoms in total.